The number of fused-ring (bicyclic) bond motifs is 2. The van der Waals surface area contributed by atoms with Gasteiger partial charge in [0.25, 0.3) is 0 Å². The van der Waals surface area contributed by atoms with Crippen molar-refractivity contribution in [2.75, 3.05) is 31.1 Å². The number of aryl methyl sites for hydroxylation is 2. The molecule has 0 atom stereocenters. The maximum absolute atomic E-state index is 4.71. The van der Waals surface area contributed by atoms with Crippen molar-refractivity contribution in [3.05, 3.63) is 41.0 Å². The third-order valence-electron chi connectivity index (χ3n) is 5.65. The molecule has 0 amide bonds. The molecule has 0 saturated carbocycles. The normalized spacial score (nSPS) is 17.9. The molecule has 3 heterocycles. The van der Waals surface area contributed by atoms with Crippen molar-refractivity contribution in [2.45, 2.75) is 32.1 Å². The molecule has 4 nitrogen and oxygen atoms in total. The lowest BCUT2D eigenvalue weighted by atomic mass is 9.89. The van der Waals surface area contributed by atoms with Crippen LogP contribution in [0.1, 0.15) is 30.4 Å². The van der Waals surface area contributed by atoms with Crippen LogP contribution in [0.3, 0.4) is 0 Å². The second kappa shape index (κ2) is 6.97. The molecule has 0 spiro atoms. The molecule has 0 unspecified atom stereocenters. The summed E-state index contributed by atoms with van der Waals surface area (Å²) in [5, 5.41) is 6.99. The standard InChI is InChI=1S/C21H24N4S/c1-2-5-16-12-17(7-6-15(16)4-1)18-13-26-21-19(18)20(23-14-24-21)25-10-3-8-22-9-11-25/h6-7,12-14,22H,1-5,8-11H2. The average Bonchev–Trinajstić information content (AvgIpc) is 2.94. The Kier molecular flexibility index (Phi) is 4.35. The lowest BCUT2D eigenvalue weighted by molar-refractivity contribution is 0.686. The average molecular weight is 365 g/mol. The molecule has 0 radical (unpaired) electrons. The van der Waals surface area contributed by atoms with Crippen LogP contribution in [0.4, 0.5) is 5.82 Å². The molecule has 134 valence electrons. The summed E-state index contributed by atoms with van der Waals surface area (Å²) in [6, 6.07) is 7.05. The van der Waals surface area contributed by atoms with Crippen LogP contribution >= 0.6 is 11.3 Å². The van der Waals surface area contributed by atoms with E-state index >= 15 is 0 Å². The summed E-state index contributed by atoms with van der Waals surface area (Å²) in [5.41, 5.74) is 5.69. The highest BCUT2D eigenvalue weighted by atomic mass is 32.1. The summed E-state index contributed by atoms with van der Waals surface area (Å²) < 4.78 is 0. The van der Waals surface area contributed by atoms with Crippen molar-refractivity contribution in [3.8, 4) is 11.1 Å². The third kappa shape index (κ3) is 2.89. The zero-order valence-electron chi connectivity index (χ0n) is 15.0. The molecular formula is C21H24N4S. The third-order valence-corrected chi connectivity index (χ3v) is 6.54. The number of nitrogens with one attached hydrogen (secondary N) is 1. The van der Waals surface area contributed by atoms with E-state index in [-0.39, 0.29) is 0 Å². The van der Waals surface area contributed by atoms with Gasteiger partial charge in [-0.25, -0.2) is 9.97 Å². The smallest absolute Gasteiger partial charge is 0.141 e. The van der Waals surface area contributed by atoms with Crippen molar-refractivity contribution >= 4 is 27.4 Å². The quantitative estimate of drug-likeness (QED) is 0.745. The lowest BCUT2D eigenvalue weighted by Gasteiger charge is -2.22. The number of hydrogen-bond acceptors (Lipinski definition) is 5. The van der Waals surface area contributed by atoms with E-state index in [1.54, 1.807) is 17.7 Å². The number of nitrogens with zero attached hydrogens (tertiary/aromatic N) is 3. The summed E-state index contributed by atoms with van der Waals surface area (Å²) in [6.07, 6.45) is 7.97. The molecular weight excluding hydrogens is 340 g/mol. The Morgan fingerprint density at radius 3 is 2.85 bits per heavy atom. The van der Waals surface area contributed by atoms with Gasteiger partial charge < -0.3 is 10.2 Å². The second-order valence-electron chi connectivity index (χ2n) is 7.31. The Balaban J connectivity index is 1.62. The topological polar surface area (TPSA) is 41.1 Å². The van der Waals surface area contributed by atoms with Crippen molar-refractivity contribution in [1.82, 2.24) is 15.3 Å². The van der Waals surface area contributed by atoms with Crippen LogP contribution < -0.4 is 10.2 Å². The SMILES string of the molecule is c1nc(N2CCCNCC2)c2c(-c3ccc4c(c3)CCCC4)csc2n1. The molecule has 2 aromatic heterocycles. The van der Waals surface area contributed by atoms with Crippen LogP contribution in [0, 0.1) is 0 Å². The first-order valence-electron chi connectivity index (χ1n) is 9.70. The minimum atomic E-state index is 1.01. The Labute approximate surface area is 158 Å². The first kappa shape index (κ1) is 16.2. The van der Waals surface area contributed by atoms with Gasteiger partial charge in [-0.05, 0) is 55.3 Å². The Bertz CT molecular complexity index is 925. The van der Waals surface area contributed by atoms with Crippen molar-refractivity contribution in [1.29, 1.82) is 0 Å². The molecule has 1 aromatic carbocycles. The fourth-order valence-corrected chi connectivity index (χ4v) is 5.18. The molecule has 3 aromatic rings. The first-order valence-corrected chi connectivity index (χ1v) is 10.6. The highest BCUT2D eigenvalue weighted by molar-refractivity contribution is 7.17. The van der Waals surface area contributed by atoms with E-state index in [9.17, 15) is 0 Å². The molecule has 26 heavy (non-hydrogen) atoms. The predicted molar refractivity (Wildman–Crippen MR) is 109 cm³/mol. The summed E-state index contributed by atoms with van der Waals surface area (Å²) in [5.74, 6) is 1.10. The van der Waals surface area contributed by atoms with Crippen LogP contribution in [0.5, 0.6) is 0 Å². The van der Waals surface area contributed by atoms with Gasteiger partial charge in [-0.2, -0.15) is 0 Å². The Morgan fingerprint density at radius 2 is 1.88 bits per heavy atom. The summed E-state index contributed by atoms with van der Waals surface area (Å²) in [4.78, 5) is 12.8. The van der Waals surface area contributed by atoms with Gasteiger partial charge >= 0.3 is 0 Å². The largest absolute Gasteiger partial charge is 0.355 e. The van der Waals surface area contributed by atoms with E-state index in [0.717, 1.165) is 43.2 Å². The fourth-order valence-electron chi connectivity index (χ4n) is 4.27. The maximum Gasteiger partial charge on any atom is 0.141 e. The zero-order chi connectivity index (χ0) is 17.3. The molecule has 1 fully saturated rings. The van der Waals surface area contributed by atoms with E-state index in [1.165, 1.54) is 53.3 Å². The fraction of sp³-hybridized carbons (Fsp3) is 0.429. The number of aromatic nitrogens is 2. The molecule has 1 aliphatic heterocycles. The van der Waals surface area contributed by atoms with Gasteiger partial charge in [-0.15, -0.1) is 11.3 Å². The predicted octanol–water partition coefficient (Wildman–Crippen LogP) is 4.04. The van der Waals surface area contributed by atoms with Gasteiger partial charge in [0.15, 0.2) is 0 Å². The number of rotatable bonds is 2. The molecule has 1 saturated heterocycles. The van der Waals surface area contributed by atoms with Crippen LogP contribution in [0.25, 0.3) is 21.3 Å². The van der Waals surface area contributed by atoms with Crippen molar-refractivity contribution in [3.63, 3.8) is 0 Å². The van der Waals surface area contributed by atoms with Crippen LogP contribution in [0.15, 0.2) is 29.9 Å². The van der Waals surface area contributed by atoms with Crippen LogP contribution in [-0.4, -0.2) is 36.1 Å². The number of anilines is 1. The molecule has 5 heteroatoms. The van der Waals surface area contributed by atoms with Gasteiger partial charge in [0.2, 0.25) is 0 Å². The number of benzene rings is 1. The van der Waals surface area contributed by atoms with Gasteiger partial charge in [0.05, 0.1) is 5.39 Å². The number of thiophene rings is 1. The van der Waals surface area contributed by atoms with Gasteiger partial charge in [0.1, 0.15) is 17.0 Å². The maximum atomic E-state index is 4.71. The lowest BCUT2D eigenvalue weighted by Crippen LogP contribution is -2.28. The minimum Gasteiger partial charge on any atom is -0.355 e. The van der Waals surface area contributed by atoms with E-state index in [0.29, 0.717) is 0 Å². The second-order valence-corrected chi connectivity index (χ2v) is 8.17. The van der Waals surface area contributed by atoms with Gasteiger partial charge in [0, 0.05) is 30.6 Å². The molecule has 1 N–H and O–H groups in total. The monoisotopic (exact) mass is 364 g/mol. The Hall–Kier alpha value is -1.98. The van der Waals surface area contributed by atoms with Crippen LogP contribution in [0.2, 0.25) is 0 Å². The highest BCUT2D eigenvalue weighted by Crippen LogP contribution is 2.39. The van der Waals surface area contributed by atoms with Crippen molar-refractivity contribution < 1.29 is 0 Å². The molecule has 0 bridgehead atoms. The zero-order valence-corrected chi connectivity index (χ0v) is 15.8. The minimum absolute atomic E-state index is 1.01. The molecule has 2 aliphatic rings. The van der Waals surface area contributed by atoms with Crippen LogP contribution in [-0.2, 0) is 12.8 Å². The van der Waals surface area contributed by atoms with E-state index in [2.05, 4.69) is 38.8 Å². The first-order chi connectivity index (χ1) is 12.9. The molecule has 5 rings (SSSR count). The Morgan fingerprint density at radius 1 is 0.962 bits per heavy atom. The summed E-state index contributed by atoms with van der Waals surface area (Å²) in [6.45, 7) is 4.17. The highest BCUT2D eigenvalue weighted by Gasteiger charge is 2.19. The van der Waals surface area contributed by atoms with Gasteiger partial charge in [-0.3, -0.25) is 0 Å². The summed E-state index contributed by atoms with van der Waals surface area (Å²) >= 11 is 1.74. The summed E-state index contributed by atoms with van der Waals surface area (Å²) in [7, 11) is 0. The van der Waals surface area contributed by atoms with E-state index in [1.807, 2.05) is 0 Å². The van der Waals surface area contributed by atoms with Crippen molar-refractivity contribution in [2.24, 2.45) is 0 Å². The van der Waals surface area contributed by atoms with E-state index < -0.39 is 0 Å². The van der Waals surface area contributed by atoms with Gasteiger partial charge in [-0.1, -0.05) is 18.2 Å². The number of hydrogen-bond donors (Lipinski definition) is 1. The van der Waals surface area contributed by atoms with E-state index in [4.69, 9.17) is 4.98 Å². The molecule has 1 aliphatic carbocycles.